The highest BCUT2D eigenvalue weighted by atomic mass is 35.5. The molecular weight excluding hydrogens is 532 g/mol. The molecule has 2 fully saturated rings. The van der Waals surface area contributed by atoms with E-state index in [4.69, 9.17) is 11.6 Å². The fourth-order valence-electron chi connectivity index (χ4n) is 5.42. The maximum atomic E-state index is 13.9. The minimum Gasteiger partial charge on any atom is -0.481 e. The average Bonchev–Trinajstić information content (AvgIpc) is 3.31. The second-order valence-electron chi connectivity index (χ2n) is 10.2. The molecule has 2 heterocycles. The van der Waals surface area contributed by atoms with E-state index in [0.29, 0.717) is 13.1 Å². The monoisotopic (exact) mass is 560 g/mol. The maximum Gasteiger partial charge on any atom is 0.387 e. The molecule has 2 aliphatic rings. The Kier molecular flexibility index (Phi) is 7.94. The lowest BCUT2D eigenvalue weighted by atomic mass is 9.64. The van der Waals surface area contributed by atoms with Gasteiger partial charge >= 0.3 is 12.6 Å². The van der Waals surface area contributed by atoms with Crippen LogP contribution in [0.4, 0.5) is 23.2 Å². The molecule has 13 heteroatoms. The molecule has 0 spiro atoms. The number of alkyl halides is 4. The number of amides is 1. The zero-order valence-electron chi connectivity index (χ0n) is 20.8. The van der Waals surface area contributed by atoms with Crippen LogP contribution in [0, 0.1) is 5.41 Å². The molecule has 1 saturated carbocycles. The zero-order valence-corrected chi connectivity index (χ0v) is 21.6. The van der Waals surface area contributed by atoms with E-state index in [1.165, 1.54) is 18.2 Å². The Balaban J connectivity index is 1.59. The molecule has 208 valence electrons. The summed E-state index contributed by atoms with van der Waals surface area (Å²) in [7, 11) is 0. The van der Waals surface area contributed by atoms with Gasteiger partial charge in [0, 0.05) is 42.1 Å². The molecule has 8 nitrogen and oxygen atoms in total. The smallest absolute Gasteiger partial charge is 0.387 e. The van der Waals surface area contributed by atoms with Crippen LogP contribution in [0.2, 0.25) is 5.02 Å². The van der Waals surface area contributed by atoms with Gasteiger partial charge in [0.2, 0.25) is 0 Å². The predicted molar refractivity (Wildman–Crippen MR) is 131 cm³/mol. The highest BCUT2D eigenvalue weighted by molar-refractivity contribution is 6.30. The number of carboxylic acids is 1. The van der Waals surface area contributed by atoms with Crippen molar-refractivity contribution in [2.24, 2.45) is 5.41 Å². The van der Waals surface area contributed by atoms with Crippen molar-refractivity contribution in [3.05, 3.63) is 41.2 Å². The highest BCUT2D eigenvalue weighted by Gasteiger charge is 2.59. The Morgan fingerprint density at radius 2 is 1.82 bits per heavy atom. The lowest BCUT2D eigenvalue weighted by Crippen LogP contribution is -2.62. The van der Waals surface area contributed by atoms with Gasteiger partial charge in [-0.2, -0.15) is 13.9 Å². The highest BCUT2D eigenvalue weighted by Crippen LogP contribution is 2.50. The molecule has 0 radical (unpaired) electrons. The van der Waals surface area contributed by atoms with Crippen molar-refractivity contribution < 1.29 is 37.0 Å². The number of hydrogen-bond acceptors (Lipinski definition) is 5. The van der Waals surface area contributed by atoms with Crippen molar-refractivity contribution in [1.82, 2.24) is 14.7 Å². The van der Waals surface area contributed by atoms with Gasteiger partial charge in [-0.15, -0.1) is 0 Å². The third-order valence-electron chi connectivity index (χ3n) is 7.68. The van der Waals surface area contributed by atoms with E-state index in [-0.39, 0.29) is 54.1 Å². The van der Waals surface area contributed by atoms with Crippen molar-refractivity contribution >= 4 is 29.2 Å². The summed E-state index contributed by atoms with van der Waals surface area (Å²) in [5.41, 5.74) is -2.45. The lowest BCUT2D eigenvalue weighted by molar-refractivity contribution is -0.179. The van der Waals surface area contributed by atoms with E-state index in [1.807, 2.05) is 18.7 Å². The fraction of sp³-hybridized carbons (Fsp3) is 0.560. The minimum absolute atomic E-state index is 0.0157. The van der Waals surface area contributed by atoms with Crippen LogP contribution >= 0.6 is 11.6 Å². The molecule has 0 bridgehead atoms. The van der Waals surface area contributed by atoms with Gasteiger partial charge in [0.05, 0.1) is 5.69 Å². The first-order valence-corrected chi connectivity index (χ1v) is 12.6. The predicted octanol–water partition coefficient (Wildman–Crippen LogP) is 5.19. The number of piperidine rings is 1. The van der Waals surface area contributed by atoms with Gasteiger partial charge < -0.3 is 20.1 Å². The molecule has 38 heavy (non-hydrogen) atoms. The second-order valence-corrected chi connectivity index (χ2v) is 10.6. The first-order valence-electron chi connectivity index (χ1n) is 12.3. The number of ether oxygens (including phenoxy) is 1. The van der Waals surface area contributed by atoms with Crippen LogP contribution in [0.3, 0.4) is 0 Å². The van der Waals surface area contributed by atoms with Crippen LogP contribution < -0.4 is 10.1 Å². The number of rotatable bonds is 9. The number of hydrogen-bond donors (Lipinski definition) is 2. The Labute approximate surface area is 221 Å². The SMILES string of the molecule is CC(C)c1ccnn1C1(C(=O)Nc2ccc(Cl)cc2OC(F)F)CCN(C2CC(C(=O)O)(C(F)F)C2)CC1. The molecule has 1 saturated heterocycles. The largest absolute Gasteiger partial charge is 0.481 e. The number of carbonyl (C=O) groups is 2. The van der Waals surface area contributed by atoms with E-state index in [2.05, 4.69) is 15.2 Å². The van der Waals surface area contributed by atoms with Gasteiger partial charge in [0.25, 0.3) is 12.3 Å². The number of likely N-dealkylation sites (tertiary alicyclic amines) is 1. The number of halogens is 5. The molecule has 1 aliphatic carbocycles. The quantitative estimate of drug-likeness (QED) is 0.410. The first-order chi connectivity index (χ1) is 17.9. The number of carbonyl (C=O) groups excluding carboxylic acids is 1. The molecule has 4 rings (SSSR count). The Hall–Kier alpha value is -2.86. The number of aliphatic carboxylic acids is 1. The van der Waals surface area contributed by atoms with Gasteiger partial charge in [-0.1, -0.05) is 25.4 Å². The molecule has 1 amide bonds. The standard InChI is InChI=1S/C25H29ClF4N4O4/c1-14(2)18-5-8-31-34(18)25(21(35)32-17-4-3-15(26)11-19(17)38-23(29)30)6-9-33(10-7-25)16-12-24(13-16,20(27)28)22(36)37/h3-5,8,11,14,16,20,23H,6-7,9-10,12-13H2,1-2H3,(H,32,35)(H,36,37). The molecule has 0 unspecified atom stereocenters. The van der Waals surface area contributed by atoms with E-state index >= 15 is 0 Å². The Morgan fingerprint density at radius 1 is 1.16 bits per heavy atom. The van der Waals surface area contributed by atoms with Crippen LogP contribution in [0.5, 0.6) is 5.75 Å². The maximum absolute atomic E-state index is 13.9. The molecule has 1 aliphatic heterocycles. The molecule has 0 atom stereocenters. The normalized spacial score (nSPS) is 23.5. The summed E-state index contributed by atoms with van der Waals surface area (Å²) < 4.78 is 59.1. The topological polar surface area (TPSA) is 96.7 Å². The third-order valence-corrected chi connectivity index (χ3v) is 7.92. The summed E-state index contributed by atoms with van der Waals surface area (Å²) in [6.45, 7) is 1.43. The van der Waals surface area contributed by atoms with Gasteiger partial charge in [0.15, 0.2) is 5.75 Å². The number of nitrogens with one attached hydrogen (secondary N) is 1. The number of aromatic nitrogens is 2. The van der Waals surface area contributed by atoms with Crippen molar-refractivity contribution in [2.45, 2.75) is 70.1 Å². The zero-order chi connectivity index (χ0) is 27.8. The summed E-state index contributed by atoms with van der Waals surface area (Å²) >= 11 is 5.93. The number of carboxylic acid groups (broad SMARTS) is 1. The molecule has 2 N–H and O–H groups in total. The molecule has 2 aromatic rings. The van der Waals surface area contributed by atoms with Crippen LogP contribution in [-0.2, 0) is 15.1 Å². The van der Waals surface area contributed by atoms with E-state index in [1.54, 1.807) is 16.9 Å². The van der Waals surface area contributed by atoms with Crippen molar-refractivity contribution in [2.75, 3.05) is 18.4 Å². The van der Waals surface area contributed by atoms with Gasteiger partial charge in [-0.3, -0.25) is 14.3 Å². The Morgan fingerprint density at radius 3 is 2.37 bits per heavy atom. The molecule has 1 aromatic carbocycles. The molecule has 1 aromatic heterocycles. The fourth-order valence-corrected chi connectivity index (χ4v) is 5.58. The summed E-state index contributed by atoms with van der Waals surface area (Å²) in [6, 6.07) is 5.45. The Bertz CT molecular complexity index is 1180. The number of nitrogens with zero attached hydrogens (tertiary/aromatic N) is 3. The summed E-state index contributed by atoms with van der Waals surface area (Å²) in [5, 5.41) is 16.6. The molecular formula is C25H29ClF4N4O4. The second kappa shape index (κ2) is 10.7. The summed E-state index contributed by atoms with van der Waals surface area (Å²) in [5.74, 6) is -2.27. The van der Waals surface area contributed by atoms with Gasteiger partial charge in [-0.05, 0) is 49.8 Å². The van der Waals surface area contributed by atoms with Gasteiger partial charge in [-0.25, -0.2) is 8.78 Å². The number of benzene rings is 1. The van der Waals surface area contributed by atoms with E-state index < -0.39 is 35.9 Å². The first kappa shape index (κ1) is 28.2. The van der Waals surface area contributed by atoms with Crippen molar-refractivity contribution in [3.63, 3.8) is 0 Å². The van der Waals surface area contributed by atoms with E-state index in [0.717, 1.165) is 5.69 Å². The third kappa shape index (κ3) is 5.07. The van der Waals surface area contributed by atoms with Crippen molar-refractivity contribution in [1.29, 1.82) is 0 Å². The summed E-state index contributed by atoms with van der Waals surface area (Å²) in [6.07, 6.45) is -1.24. The van der Waals surface area contributed by atoms with Crippen LogP contribution in [0.25, 0.3) is 0 Å². The summed E-state index contributed by atoms with van der Waals surface area (Å²) in [4.78, 5) is 27.3. The minimum atomic E-state index is -3.13. The number of anilines is 1. The lowest BCUT2D eigenvalue weighted by Gasteiger charge is -2.52. The van der Waals surface area contributed by atoms with Crippen molar-refractivity contribution in [3.8, 4) is 5.75 Å². The van der Waals surface area contributed by atoms with Crippen LogP contribution in [-0.4, -0.2) is 63.8 Å². The van der Waals surface area contributed by atoms with Crippen LogP contribution in [0.1, 0.15) is 51.1 Å². The van der Waals surface area contributed by atoms with Crippen LogP contribution in [0.15, 0.2) is 30.5 Å². The van der Waals surface area contributed by atoms with E-state index in [9.17, 15) is 32.3 Å². The average molecular weight is 561 g/mol. The van der Waals surface area contributed by atoms with Gasteiger partial charge in [0.1, 0.15) is 11.0 Å².